The monoisotopic (exact) mass is 437 g/mol. The minimum Gasteiger partial charge on any atom is -0.488 e. The summed E-state index contributed by atoms with van der Waals surface area (Å²) in [7, 11) is 0. The third-order valence-electron chi connectivity index (χ3n) is 5.35. The number of ether oxygens (including phenoxy) is 1. The van der Waals surface area contributed by atoms with Gasteiger partial charge in [-0.15, -0.1) is 0 Å². The third kappa shape index (κ3) is 4.78. The second-order valence-corrected chi connectivity index (χ2v) is 7.83. The average Bonchev–Trinajstić information content (AvgIpc) is 2.79. The molecule has 6 heteroatoms. The van der Waals surface area contributed by atoms with Crippen LogP contribution in [0.25, 0.3) is 11.1 Å². The zero-order valence-corrected chi connectivity index (χ0v) is 17.5. The number of pyridine rings is 1. The Morgan fingerprint density at radius 3 is 2.58 bits per heavy atom. The fraction of sp³-hybridized carbons (Fsp3) is 0.200. The minimum atomic E-state index is -1.06. The number of hydrogen-bond acceptors (Lipinski definition) is 3. The summed E-state index contributed by atoms with van der Waals surface area (Å²) < 4.78 is 20.0. The number of rotatable bonds is 6. The van der Waals surface area contributed by atoms with Crippen LogP contribution in [-0.2, 0) is 6.61 Å². The Morgan fingerprint density at radius 1 is 1.03 bits per heavy atom. The van der Waals surface area contributed by atoms with Crippen LogP contribution in [0, 0.1) is 5.82 Å². The molecule has 1 aliphatic carbocycles. The van der Waals surface area contributed by atoms with Gasteiger partial charge < -0.3 is 9.84 Å². The molecule has 2 aromatic carbocycles. The summed E-state index contributed by atoms with van der Waals surface area (Å²) in [6.07, 6.45) is 3.57. The number of hydrogen-bond donors (Lipinski definition) is 1. The molecule has 0 atom stereocenters. The molecule has 3 aromatic rings. The Labute approximate surface area is 185 Å². The van der Waals surface area contributed by atoms with Gasteiger partial charge in [0, 0.05) is 16.1 Å². The van der Waals surface area contributed by atoms with Gasteiger partial charge >= 0.3 is 5.97 Å². The molecule has 0 aliphatic heterocycles. The van der Waals surface area contributed by atoms with Crippen molar-refractivity contribution < 1.29 is 19.0 Å². The molecule has 1 heterocycles. The van der Waals surface area contributed by atoms with Gasteiger partial charge in [0.2, 0.25) is 0 Å². The Hall–Kier alpha value is -3.18. The van der Waals surface area contributed by atoms with Crippen LogP contribution in [0.2, 0.25) is 5.02 Å². The van der Waals surface area contributed by atoms with Crippen LogP contribution in [0.3, 0.4) is 0 Å². The molecular weight excluding hydrogens is 417 g/mol. The first kappa shape index (κ1) is 21.1. The van der Waals surface area contributed by atoms with Crippen LogP contribution in [0.15, 0.2) is 60.7 Å². The van der Waals surface area contributed by atoms with Crippen molar-refractivity contribution >= 4 is 28.7 Å². The lowest BCUT2D eigenvalue weighted by molar-refractivity contribution is 0.0690. The number of benzene rings is 2. The molecule has 4 nitrogen and oxygen atoms in total. The van der Waals surface area contributed by atoms with E-state index in [1.54, 1.807) is 36.4 Å². The molecule has 0 radical (unpaired) electrons. The molecule has 31 heavy (non-hydrogen) atoms. The van der Waals surface area contributed by atoms with Crippen LogP contribution in [0.5, 0.6) is 5.75 Å². The lowest BCUT2D eigenvalue weighted by atomic mass is 9.85. The summed E-state index contributed by atoms with van der Waals surface area (Å²) >= 11 is 6.31. The molecule has 1 aliphatic rings. The van der Waals surface area contributed by atoms with Gasteiger partial charge in [-0.1, -0.05) is 35.9 Å². The van der Waals surface area contributed by atoms with E-state index in [1.165, 1.54) is 12.1 Å². The molecule has 158 valence electrons. The van der Waals surface area contributed by atoms with Crippen molar-refractivity contribution in [2.24, 2.45) is 0 Å². The average molecular weight is 438 g/mol. The van der Waals surface area contributed by atoms with Crippen LogP contribution in [0.1, 0.15) is 53.0 Å². The predicted molar refractivity (Wildman–Crippen MR) is 119 cm³/mol. The summed E-state index contributed by atoms with van der Waals surface area (Å²) in [6, 6.07) is 16.9. The number of aromatic nitrogens is 1. The van der Waals surface area contributed by atoms with Gasteiger partial charge in [-0.25, -0.2) is 14.2 Å². The van der Waals surface area contributed by atoms with E-state index in [1.807, 2.05) is 12.1 Å². The molecular formula is C25H21ClFNO3. The van der Waals surface area contributed by atoms with Gasteiger partial charge in [-0.2, -0.15) is 0 Å². The van der Waals surface area contributed by atoms with Crippen LogP contribution in [-0.4, -0.2) is 16.1 Å². The number of nitrogens with zero attached hydrogens (tertiary/aromatic N) is 1. The van der Waals surface area contributed by atoms with Crippen LogP contribution in [0.4, 0.5) is 4.39 Å². The zero-order valence-electron chi connectivity index (χ0n) is 16.8. The Morgan fingerprint density at radius 2 is 1.81 bits per heavy atom. The minimum absolute atomic E-state index is 0.0112. The number of carboxylic acids is 1. The van der Waals surface area contributed by atoms with E-state index in [2.05, 4.69) is 4.98 Å². The van der Waals surface area contributed by atoms with E-state index in [9.17, 15) is 14.3 Å². The highest BCUT2D eigenvalue weighted by atomic mass is 35.5. The Bertz CT molecular complexity index is 1160. The van der Waals surface area contributed by atoms with Crippen molar-refractivity contribution in [3.63, 3.8) is 0 Å². The fourth-order valence-corrected chi connectivity index (χ4v) is 4.01. The molecule has 1 aromatic heterocycles. The van der Waals surface area contributed by atoms with Gasteiger partial charge in [-0.05, 0) is 73.2 Å². The van der Waals surface area contributed by atoms with E-state index in [-0.39, 0.29) is 18.1 Å². The second-order valence-electron chi connectivity index (χ2n) is 7.40. The van der Waals surface area contributed by atoms with Gasteiger partial charge in [-0.3, -0.25) is 0 Å². The van der Waals surface area contributed by atoms with E-state index < -0.39 is 5.97 Å². The van der Waals surface area contributed by atoms with E-state index in [4.69, 9.17) is 16.3 Å². The van der Waals surface area contributed by atoms with Crippen molar-refractivity contribution in [1.29, 1.82) is 0 Å². The topological polar surface area (TPSA) is 59.4 Å². The van der Waals surface area contributed by atoms with Crippen molar-refractivity contribution in [1.82, 2.24) is 4.98 Å². The predicted octanol–water partition coefficient (Wildman–Crippen LogP) is 6.64. The van der Waals surface area contributed by atoms with Crippen molar-refractivity contribution in [2.75, 3.05) is 0 Å². The summed E-state index contributed by atoms with van der Waals surface area (Å²) in [5.74, 6) is -0.766. The molecule has 0 saturated carbocycles. The molecule has 0 unspecified atom stereocenters. The summed E-state index contributed by atoms with van der Waals surface area (Å²) in [5.41, 5.74) is 3.99. The van der Waals surface area contributed by atoms with E-state index in [0.717, 1.165) is 42.4 Å². The zero-order chi connectivity index (χ0) is 21.8. The highest BCUT2D eigenvalue weighted by molar-refractivity contribution is 6.30. The Kier molecular flexibility index (Phi) is 6.33. The number of allylic oxidation sites excluding steroid dienone is 2. The van der Waals surface area contributed by atoms with Crippen LogP contribution >= 0.6 is 11.6 Å². The molecule has 1 N–H and O–H groups in total. The highest BCUT2D eigenvalue weighted by Crippen LogP contribution is 2.42. The third-order valence-corrected chi connectivity index (χ3v) is 5.59. The molecule has 0 spiro atoms. The molecule has 0 bridgehead atoms. The van der Waals surface area contributed by atoms with Crippen molar-refractivity contribution in [2.45, 2.75) is 32.3 Å². The maximum atomic E-state index is 14.0. The van der Waals surface area contributed by atoms with Crippen LogP contribution < -0.4 is 4.74 Å². The van der Waals surface area contributed by atoms with Gasteiger partial charge in [0.1, 0.15) is 23.9 Å². The van der Waals surface area contributed by atoms with Gasteiger partial charge in [0.25, 0.3) is 0 Å². The lowest BCUT2D eigenvalue weighted by Gasteiger charge is -2.23. The number of carbonyl (C=O) groups is 1. The maximum Gasteiger partial charge on any atom is 0.354 e. The number of carboxylic acid groups (broad SMARTS) is 1. The molecule has 4 rings (SSSR count). The molecule has 0 amide bonds. The summed E-state index contributed by atoms with van der Waals surface area (Å²) in [6.45, 7) is 0.0939. The maximum absolute atomic E-state index is 14.0. The fourth-order valence-electron chi connectivity index (χ4n) is 3.84. The first-order valence-electron chi connectivity index (χ1n) is 10.1. The summed E-state index contributed by atoms with van der Waals surface area (Å²) in [4.78, 5) is 15.7. The standard InChI is InChI=1S/C25H21ClFNO3/c26-17-12-13-24(31-15-16-6-1-4-9-21(16)27)20(14-17)18-7-2-3-8-19(18)22-10-5-11-23(28-22)25(29)30/h1,4-6,9-14H,2-3,7-8,15H2,(H,29,30). The van der Waals surface area contributed by atoms with Crippen molar-refractivity contribution in [3.05, 3.63) is 94.0 Å². The molecule has 0 fully saturated rings. The SMILES string of the molecule is O=C(O)c1cccc(C2=C(c3cc(Cl)ccc3OCc3ccccc3F)CCCC2)n1. The van der Waals surface area contributed by atoms with E-state index >= 15 is 0 Å². The van der Waals surface area contributed by atoms with Gasteiger partial charge in [0.05, 0.1) is 5.69 Å². The highest BCUT2D eigenvalue weighted by Gasteiger charge is 2.21. The second kappa shape index (κ2) is 9.31. The first-order valence-corrected chi connectivity index (χ1v) is 10.5. The lowest BCUT2D eigenvalue weighted by Crippen LogP contribution is -2.07. The smallest absolute Gasteiger partial charge is 0.354 e. The Balaban J connectivity index is 1.75. The number of aromatic carboxylic acids is 1. The summed E-state index contributed by atoms with van der Waals surface area (Å²) in [5, 5.41) is 9.89. The quantitative estimate of drug-likeness (QED) is 0.469. The normalized spacial score (nSPS) is 13.9. The largest absolute Gasteiger partial charge is 0.488 e. The first-order chi connectivity index (χ1) is 15.0. The number of halogens is 2. The molecule has 0 saturated heterocycles. The van der Waals surface area contributed by atoms with Gasteiger partial charge in [0.15, 0.2) is 0 Å². The van der Waals surface area contributed by atoms with E-state index in [0.29, 0.717) is 22.0 Å². The van der Waals surface area contributed by atoms with Crippen molar-refractivity contribution in [3.8, 4) is 5.75 Å².